The van der Waals surface area contributed by atoms with Crippen LogP contribution in [0.2, 0.25) is 0 Å². The highest BCUT2D eigenvalue weighted by Crippen LogP contribution is 2.19. The van der Waals surface area contributed by atoms with Crippen molar-refractivity contribution < 1.29 is 28.6 Å². The summed E-state index contributed by atoms with van der Waals surface area (Å²) in [6.07, 6.45) is 0. The van der Waals surface area contributed by atoms with E-state index in [-0.39, 0.29) is 6.61 Å². The number of aryl methyl sites for hydroxylation is 1. The number of hydrogen-bond acceptors (Lipinski definition) is 6. The normalized spacial score (nSPS) is 10.0. The number of benzene rings is 2. The van der Waals surface area contributed by atoms with Gasteiger partial charge in [-0.25, -0.2) is 9.59 Å². The fourth-order valence-electron chi connectivity index (χ4n) is 2.26. The molecule has 0 radical (unpaired) electrons. The first kappa shape index (κ1) is 20.0. The van der Waals surface area contributed by atoms with Gasteiger partial charge in [0.1, 0.15) is 5.75 Å². The molecule has 0 aliphatic heterocycles. The summed E-state index contributed by atoms with van der Waals surface area (Å²) in [5.74, 6) is -0.985. The number of methoxy groups -OCH3 is 1. The minimum atomic E-state index is -0.624. The Hall–Kier alpha value is -3.35. The standard InChI is InChI=1S/C20H21NO6/c1-4-26-19(23)14-7-9-16(10-8-14)21-18(22)12-27-20(24)15-6-5-13(2)17(11-15)25-3/h5-11H,4,12H2,1-3H3,(H,21,22). The van der Waals surface area contributed by atoms with Gasteiger partial charge in [-0.05, 0) is 55.8 Å². The zero-order valence-electron chi connectivity index (χ0n) is 15.4. The maximum Gasteiger partial charge on any atom is 0.338 e. The third kappa shape index (κ3) is 5.57. The van der Waals surface area contributed by atoms with Crippen molar-refractivity contribution in [3.8, 4) is 5.75 Å². The first-order valence-electron chi connectivity index (χ1n) is 8.33. The van der Waals surface area contributed by atoms with Gasteiger partial charge in [-0.15, -0.1) is 0 Å². The second-order valence-electron chi connectivity index (χ2n) is 5.61. The van der Waals surface area contributed by atoms with E-state index in [9.17, 15) is 14.4 Å². The van der Waals surface area contributed by atoms with Crippen molar-refractivity contribution in [3.63, 3.8) is 0 Å². The molecule has 0 heterocycles. The van der Waals surface area contributed by atoms with Gasteiger partial charge in [0.2, 0.25) is 0 Å². The molecule has 0 aromatic heterocycles. The van der Waals surface area contributed by atoms with Crippen LogP contribution in [0.15, 0.2) is 42.5 Å². The van der Waals surface area contributed by atoms with Gasteiger partial charge >= 0.3 is 11.9 Å². The SMILES string of the molecule is CCOC(=O)c1ccc(NC(=O)COC(=O)c2ccc(C)c(OC)c2)cc1. The number of rotatable bonds is 7. The Morgan fingerprint density at radius 3 is 2.19 bits per heavy atom. The van der Waals surface area contributed by atoms with E-state index in [0.29, 0.717) is 22.6 Å². The first-order chi connectivity index (χ1) is 12.9. The van der Waals surface area contributed by atoms with E-state index in [0.717, 1.165) is 5.56 Å². The molecule has 1 N–H and O–H groups in total. The summed E-state index contributed by atoms with van der Waals surface area (Å²) < 4.78 is 15.1. The molecule has 0 bridgehead atoms. The van der Waals surface area contributed by atoms with Gasteiger partial charge < -0.3 is 19.5 Å². The van der Waals surface area contributed by atoms with Crippen LogP contribution in [0.1, 0.15) is 33.2 Å². The Balaban J connectivity index is 1.88. The Labute approximate surface area is 157 Å². The monoisotopic (exact) mass is 371 g/mol. The van der Waals surface area contributed by atoms with E-state index < -0.39 is 24.5 Å². The highest BCUT2D eigenvalue weighted by molar-refractivity contribution is 5.96. The van der Waals surface area contributed by atoms with E-state index in [1.807, 2.05) is 6.92 Å². The van der Waals surface area contributed by atoms with Crippen molar-refractivity contribution in [2.75, 3.05) is 25.6 Å². The Morgan fingerprint density at radius 2 is 1.56 bits per heavy atom. The van der Waals surface area contributed by atoms with Crippen LogP contribution in [0.4, 0.5) is 5.69 Å². The zero-order chi connectivity index (χ0) is 19.8. The van der Waals surface area contributed by atoms with Crippen LogP contribution in [0.25, 0.3) is 0 Å². The number of esters is 2. The molecule has 27 heavy (non-hydrogen) atoms. The maximum absolute atomic E-state index is 12.1. The van der Waals surface area contributed by atoms with Crippen LogP contribution < -0.4 is 10.1 Å². The molecule has 7 nitrogen and oxygen atoms in total. The lowest BCUT2D eigenvalue weighted by Crippen LogP contribution is -2.21. The lowest BCUT2D eigenvalue weighted by atomic mass is 10.1. The molecule has 0 saturated carbocycles. The van der Waals surface area contributed by atoms with E-state index in [1.54, 1.807) is 37.3 Å². The molecule has 0 spiro atoms. The van der Waals surface area contributed by atoms with E-state index in [4.69, 9.17) is 14.2 Å². The van der Waals surface area contributed by atoms with Gasteiger partial charge in [-0.1, -0.05) is 6.07 Å². The summed E-state index contributed by atoms with van der Waals surface area (Å²) in [5.41, 5.74) is 2.04. The lowest BCUT2D eigenvalue weighted by Gasteiger charge is -2.09. The maximum atomic E-state index is 12.1. The lowest BCUT2D eigenvalue weighted by molar-refractivity contribution is -0.119. The number of hydrogen-bond donors (Lipinski definition) is 1. The molecule has 2 aromatic rings. The van der Waals surface area contributed by atoms with Crippen molar-refractivity contribution in [2.24, 2.45) is 0 Å². The van der Waals surface area contributed by atoms with Gasteiger partial charge in [-0.3, -0.25) is 4.79 Å². The first-order valence-corrected chi connectivity index (χ1v) is 8.33. The summed E-state index contributed by atoms with van der Waals surface area (Å²) in [5, 5.41) is 2.59. The Kier molecular flexibility index (Phi) is 6.93. The third-order valence-corrected chi connectivity index (χ3v) is 3.66. The summed E-state index contributed by atoms with van der Waals surface area (Å²) in [6, 6.07) is 11.1. The van der Waals surface area contributed by atoms with Crippen molar-refractivity contribution >= 4 is 23.5 Å². The highest BCUT2D eigenvalue weighted by atomic mass is 16.5. The van der Waals surface area contributed by atoms with Crippen LogP contribution >= 0.6 is 0 Å². The smallest absolute Gasteiger partial charge is 0.338 e. The average molecular weight is 371 g/mol. The summed E-state index contributed by atoms with van der Waals surface area (Å²) in [4.78, 5) is 35.6. The Bertz CT molecular complexity index is 829. The minimum Gasteiger partial charge on any atom is -0.496 e. The van der Waals surface area contributed by atoms with E-state index in [2.05, 4.69) is 5.32 Å². The van der Waals surface area contributed by atoms with Crippen LogP contribution in [-0.2, 0) is 14.3 Å². The molecule has 0 aliphatic rings. The quantitative estimate of drug-likeness (QED) is 0.753. The molecular formula is C20H21NO6. The number of ether oxygens (including phenoxy) is 3. The van der Waals surface area contributed by atoms with Gasteiger partial charge in [-0.2, -0.15) is 0 Å². The second kappa shape index (κ2) is 9.38. The number of carbonyl (C=O) groups excluding carboxylic acids is 3. The molecule has 2 rings (SSSR count). The highest BCUT2D eigenvalue weighted by Gasteiger charge is 2.13. The average Bonchev–Trinajstić information content (AvgIpc) is 2.67. The van der Waals surface area contributed by atoms with Crippen molar-refractivity contribution in [1.29, 1.82) is 0 Å². The van der Waals surface area contributed by atoms with Crippen molar-refractivity contribution in [2.45, 2.75) is 13.8 Å². The fraction of sp³-hybridized carbons (Fsp3) is 0.250. The zero-order valence-corrected chi connectivity index (χ0v) is 15.4. The molecule has 2 aromatic carbocycles. The predicted molar refractivity (Wildman–Crippen MR) is 99.0 cm³/mol. The van der Waals surface area contributed by atoms with E-state index >= 15 is 0 Å². The molecule has 0 unspecified atom stereocenters. The van der Waals surface area contributed by atoms with Crippen LogP contribution in [0, 0.1) is 6.92 Å². The number of amides is 1. The van der Waals surface area contributed by atoms with Crippen LogP contribution in [0.3, 0.4) is 0 Å². The molecule has 0 atom stereocenters. The molecule has 0 aliphatic carbocycles. The van der Waals surface area contributed by atoms with Crippen molar-refractivity contribution in [3.05, 3.63) is 59.2 Å². The fourth-order valence-corrected chi connectivity index (χ4v) is 2.26. The molecular weight excluding hydrogens is 350 g/mol. The summed E-state index contributed by atoms with van der Waals surface area (Å²) in [7, 11) is 1.51. The number of anilines is 1. The molecule has 1 amide bonds. The van der Waals surface area contributed by atoms with Gasteiger partial charge in [0, 0.05) is 5.69 Å². The minimum absolute atomic E-state index is 0.287. The number of nitrogens with one attached hydrogen (secondary N) is 1. The summed E-state index contributed by atoms with van der Waals surface area (Å²) in [6.45, 7) is 3.43. The van der Waals surface area contributed by atoms with Crippen LogP contribution in [-0.4, -0.2) is 38.2 Å². The molecule has 142 valence electrons. The largest absolute Gasteiger partial charge is 0.496 e. The predicted octanol–water partition coefficient (Wildman–Crippen LogP) is 2.98. The van der Waals surface area contributed by atoms with Crippen LogP contribution in [0.5, 0.6) is 5.75 Å². The van der Waals surface area contributed by atoms with Crippen molar-refractivity contribution in [1.82, 2.24) is 0 Å². The van der Waals surface area contributed by atoms with Gasteiger partial charge in [0.05, 0.1) is 24.8 Å². The molecule has 0 saturated heterocycles. The third-order valence-electron chi connectivity index (χ3n) is 3.66. The second-order valence-corrected chi connectivity index (χ2v) is 5.61. The van der Waals surface area contributed by atoms with E-state index in [1.165, 1.54) is 19.2 Å². The molecule has 0 fully saturated rings. The Morgan fingerprint density at radius 1 is 0.926 bits per heavy atom. The van der Waals surface area contributed by atoms with Gasteiger partial charge in [0.15, 0.2) is 6.61 Å². The molecule has 7 heteroatoms. The topological polar surface area (TPSA) is 90.9 Å². The summed E-state index contributed by atoms with van der Waals surface area (Å²) >= 11 is 0. The van der Waals surface area contributed by atoms with Gasteiger partial charge in [0.25, 0.3) is 5.91 Å². The number of carbonyl (C=O) groups is 3.